The minimum absolute atomic E-state index is 0.0858. The van der Waals surface area contributed by atoms with Gasteiger partial charge in [-0.1, -0.05) is 20.8 Å². The van der Waals surface area contributed by atoms with Crippen LogP contribution >= 0.6 is 0 Å². The third-order valence-corrected chi connectivity index (χ3v) is 4.02. The molecule has 0 fully saturated rings. The predicted octanol–water partition coefficient (Wildman–Crippen LogP) is 3.33. The van der Waals surface area contributed by atoms with Gasteiger partial charge in [-0.15, -0.1) is 0 Å². The molecule has 2 aromatic rings. The van der Waals surface area contributed by atoms with E-state index < -0.39 is 0 Å². The zero-order valence-electron chi connectivity index (χ0n) is 11.4. The topological polar surface area (TPSA) is 9.86 Å². The molecular weight excluding hydrogens is 208 g/mol. The van der Waals surface area contributed by atoms with Crippen molar-refractivity contribution in [2.75, 3.05) is 0 Å². The van der Waals surface area contributed by atoms with Crippen LogP contribution in [0.2, 0.25) is 0 Å². The van der Waals surface area contributed by atoms with Crippen LogP contribution in [0.4, 0.5) is 0 Å². The third-order valence-electron chi connectivity index (χ3n) is 4.02. The van der Waals surface area contributed by atoms with Crippen LogP contribution in [-0.4, -0.2) is 9.13 Å². The fraction of sp³-hybridized carbons (Fsp3) is 0.467. The van der Waals surface area contributed by atoms with Gasteiger partial charge in [0.2, 0.25) is 0 Å². The normalized spacial score (nSPS) is 12.4. The first-order chi connectivity index (χ1) is 7.94. The van der Waals surface area contributed by atoms with Gasteiger partial charge in [0.25, 0.3) is 0 Å². The van der Waals surface area contributed by atoms with Crippen molar-refractivity contribution in [3.63, 3.8) is 0 Å². The summed E-state index contributed by atoms with van der Waals surface area (Å²) >= 11 is 0. The summed E-state index contributed by atoms with van der Waals surface area (Å²) < 4.78 is 4.25. The lowest BCUT2D eigenvalue weighted by Gasteiger charge is -2.33. The van der Waals surface area contributed by atoms with Crippen molar-refractivity contribution >= 4 is 0 Å². The van der Waals surface area contributed by atoms with E-state index in [1.165, 1.54) is 11.1 Å². The summed E-state index contributed by atoms with van der Waals surface area (Å²) in [6.07, 6.45) is 8.71. The van der Waals surface area contributed by atoms with Gasteiger partial charge in [0.15, 0.2) is 0 Å². The van der Waals surface area contributed by atoms with E-state index in [9.17, 15) is 0 Å². The summed E-state index contributed by atoms with van der Waals surface area (Å²) in [4.78, 5) is 0. The molecule has 0 N–H and O–H groups in total. The van der Waals surface area contributed by atoms with E-state index in [2.05, 4.69) is 80.9 Å². The molecule has 2 heterocycles. The molecule has 0 aliphatic rings. The number of aryl methyl sites for hydroxylation is 2. The van der Waals surface area contributed by atoms with Crippen LogP contribution in [0.3, 0.4) is 0 Å². The van der Waals surface area contributed by atoms with Gasteiger partial charge in [-0.3, -0.25) is 0 Å². The van der Waals surface area contributed by atoms with Gasteiger partial charge in [-0.25, -0.2) is 0 Å². The van der Waals surface area contributed by atoms with Gasteiger partial charge in [0.05, 0.1) is 0 Å². The van der Waals surface area contributed by atoms with Crippen molar-refractivity contribution in [2.24, 2.45) is 20.0 Å². The fourth-order valence-corrected chi connectivity index (χ4v) is 2.45. The van der Waals surface area contributed by atoms with Crippen LogP contribution in [0.15, 0.2) is 36.9 Å². The molecule has 0 saturated carbocycles. The lowest BCUT2D eigenvalue weighted by atomic mass is 9.70. The summed E-state index contributed by atoms with van der Waals surface area (Å²) in [5.74, 6) is 0.562. The van der Waals surface area contributed by atoms with Crippen LogP contribution < -0.4 is 0 Å². The molecule has 17 heavy (non-hydrogen) atoms. The summed E-state index contributed by atoms with van der Waals surface area (Å²) in [6, 6.07) is 4.46. The number of nitrogens with zero attached hydrogens (tertiary/aromatic N) is 2. The largest absolute Gasteiger partial charge is 0.357 e. The van der Waals surface area contributed by atoms with E-state index in [0.29, 0.717) is 5.92 Å². The minimum Gasteiger partial charge on any atom is -0.357 e. The Bertz CT molecular complexity index is 462. The highest BCUT2D eigenvalue weighted by Crippen LogP contribution is 2.38. The zero-order chi connectivity index (χ0) is 12.6. The lowest BCUT2D eigenvalue weighted by molar-refractivity contribution is 0.405. The molecule has 2 rings (SSSR count). The van der Waals surface area contributed by atoms with Crippen LogP contribution in [0, 0.1) is 5.92 Å². The van der Waals surface area contributed by atoms with Gasteiger partial charge in [-0.05, 0) is 29.2 Å². The average molecular weight is 230 g/mol. The molecule has 2 heteroatoms. The molecular formula is C15H22N2. The van der Waals surface area contributed by atoms with Crippen molar-refractivity contribution in [3.05, 3.63) is 48.0 Å². The maximum Gasteiger partial charge on any atom is 0.0227 e. The molecule has 0 aromatic carbocycles. The second kappa shape index (κ2) is 4.10. The highest BCUT2D eigenvalue weighted by molar-refractivity contribution is 5.37. The highest BCUT2D eigenvalue weighted by atomic mass is 14.9. The van der Waals surface area contributed by atoms with Gasteiger partial charge in [0.1, 0.15) is 0 Å². The number of aromatic nitrogens is 2. The van der Waals surface area contributed by atoms with E-state index in [1.807, 2.05) is 0 Å². The van der Waals surface area contributed by atoms with Crippen molar-refractivity contribution in [1.29, 1.82) is 0 Å². The van der Waals surface area contributed by atoms with Crippen molar-refractivity contribution in [3.8, 4) is 0 Å². The molecule has 0 radical (unpaired) electrons. The number of rotatable bonds is 3. The molecule has 0 unspecified atom stereocenters. The van der Waals surface area contributed by atoms with E-state index >= 15 is 0 Å². The van der Waals surface area contributed by atoms with E-state index in [4.69, 9.17) is 0 Å². The maximum absolute atomic E-state index is 2.34. The minimum atomic E-state index is 0.0858. The van der Waals surface area contributed by atoms with Gasteiger partial charge in [0, 0.05) is 44.3 Å². The van der Waals surface area contributed by atoms with Gasteiger partial charge in [-0.2, -0.15) is 0 Å². The first kappa shape index (κ1) is 12.0. The summed E-state index contributed by atoms with van der Waals surface area (Å²) in [6.45, 7) is 6.92. The number of hydrogen-bond donors (Lipinski definition) is 0. The molecule has 0 saturated heterocycles. The Hall–Kier alpha value is -1.44. The summed E-state index contributed by atoms with van der Waals surface area (Å²) in [5, 5.41) is 0. The standard InChI is InChI=1S/C15H22N2/c1-12(2)15(3,13-6-8-16(4)10-13)14-7-9-17(5)11-14/h6-12H,1-5H3. The molecule has 0 aliphatic carbocycles. The van der Waals surface area contributed by atoms with Crippen LogP contribution in [0.1, 0.15) is 31.9 Å². The van der Waals surface area contributed by atoms with E-state index in [1.54, 1.807) is 0 Å². The Labute approximate surface area is 104 Å². The fourth-order valence-electron chi connectivity index (χ4n) is 2.45. The Morgan fingerprint density at radius 2 is 1.35 bits per heavy atom. The SMILES string of the molecule is CC(C)C(C)(c1ccn(C)c1)c1ccn(C)c1. The van der Waals surface area contributed by atoms with E-state index in [0.717, 1.165) is 0 Å². The highest BCUT2D eigenvalue weighted by Gasteiger charge is 2.33. The quantitative estimate of drug-likeness (QED) is 0.765. The van der Waals surface area contributed by atoms with Crippen LogP contribution in [-0.2, 0) is 19.5 Å². The average Bonchev–Trinajstić information content (AvgIpc) is 2.86. The molecule has 2 aromatic heterocycles. The molecule has 0 aliphatic heterocycles. The molecule has 0 amide bonds. The molecule has 0 atom stereocenters. The van der Waals surface area contributed by atoms with Crippen molar-refractivity contribution in [1.82, 2.24) is 9.13 Å². The Balaban J connectivity index is 2.53. The predicted molar refractivity (Wildman–Crippen MR) is 72.1 cm³/mol. The summed E-state index contributed by atoms with van der Waals surface area (Å²) in [7, 11) is 4.16. The first-order valence-corrected chi connectivity index (χ1v) is 6.19. The van der Waals surface area contributed by atoms with Crippen LogP contribution in [0.5, 0.6) is 0 Å². The Morgan fingerprint density at radius 3 is 1.59 bits per heavy atom. The summed E-state index contributed by atoms with van der Waals surface area (Å²) in [5.41, 5.74) is 2.87. The monoisotopic (exact) mass is 230 g/mol. The molecule has 2 nitrogen and oxygen atoms in total. The van der Waals surface area contributed by atoms with E-state index in [-0.39, 0.29) is 5.41 Å². The van der Waals surface area contributed by atoms with Crippen molar-refractivity contribution < 1.29 is 0 Å². The molecule has 92 valence electrons. The molecule has 0 spiro atoms. The molecule has 0 bridgehead atoms. The maximum atomic E-state index is 2.34. The van der Waals surface area contributed by atoms with Gasteiger partial charge >= 0.3 is 0 Å². The lowest BCUT2D eigenvalue weighted by Crippen LogP contribution is -2.29. The van der Waals surface area contributed by atoms with Crippen molar-refractivity contribution in [2.45, 2.75) is 26.2 Å². The smallest absolute Gasteiger partial charge is 0.0227 e. The Kier molecular flexibility index (Phi) is 2.90. The van der Waals surface area contributed by atoms with Gasteiger partial charge < -0.3 is 9.13 Å². The zero-order valence-corrected chi connectivity index (χ0v) is 11.4. The van der Waals surface area contributed by atoms with Crippen LogP contribution in [0.25, 0.3) is 0 Å². The number of hydrogen-bond acceptors (Lipinski definition) is 0. The third kappa shape index (κ3) is 1.92. The Morgan fingerprint density at radius 1 is 0.941 bits per heavy atom. The second-order valence-electron chi connectivity index (χ2n) is 5.49. The second-order valence-corrected chi connectivity index (χ2v) is 5.49. The first-order valence-electron chi connectivity index (χ1n) is 6.19.